The molecule has 0 spiro atoms. The van der Waals surface area contributed by atoms with E-state index in [0.717, 1.165) is 56.1 Å². The van der Waals surface area contributed by atoms with Crippen LogP contribution in [0.1, 0.15) is 51.5 Å². The van der Waals surface area contributed by atoms with Crippen LogP contribution in [0.3, 0.4) is 0 Å². The Morgan fingerprint density at radius 1 is 1.36 bits per heavy atom. The number of amides is 1. The van der Waals surface area contributed by atoms with Crippen LogP contribution in [-0.2, 0) is 4.79 Å². The van der Waals surface area contributed by atoms with Crippen LogP contribution in [0.2, 0.25) is 0 Å². The second-order valence-electron chi connectivity index (χ2n) is 7.00. The summed E-state index contributed by atoms with van der Waals surface area (Å²) in [6, 6.07) is 0.394. The number of hydrogen-bond donors (Lipinski definition) is 1. The molecule has 122 valence electrons. The smallest absolute Gasteiger partial charge is 0.227 e. The van der Waals surface area contributed by atoms with Crippen molar-refractivity contribution in [2.75, 3.05) is 13.1 Å². The Labute approximate surface area is 140 Å². The van der Waals surface area contributed by atoms with Crippen LogP contribution < -0.4 is 5.73 Å². The predicted octanol–water partition coefficient (Wildman–Crippen LogP) is 2.72. The van der Waals surface area contributed by atoms with Crippen LogP contribution in [-0.4, -0.2) is 39.2 Å². The monoisotopic (exact) mass is 368 g/mol. The third-order valence-corrected chi connectivity index (χ3v) is 5.68. The fourth-order valence-electron chi connectivity index (χ4n) is 3.85. The van der Waals surface area contributed by atoms with Gasteiger partial charge < -0.3 is 10.6 Å². The highest BCUT2D eigenvalue weighted by atomic mass is 79.9. The molecule has 1 saturated heterocycles. The van der Waals surface area contributed by atoms with Gasteiger partial charge in [0.2, 0.25) is 5.91 Å². The van der Waals surface area contributed by atoms with Gasteiger partial charge in [-0.1, -0.05) is 12.8 Å². The summed E-state index contributed by atoms with van der Waals surface area (Å²) in [6.07, 6.45) is 9.94. The third-order valence-electron chi connectivity index (χ3n) is 5.27. The molecule has 2 N–H and O–H groups in total. The summed E-state index contributed by atoms with van der Waals surface area (Å²) >= 11 is 3.44. The summed E-state index contributed by atoms with van der Waals surface area (Å²) in [7, 11) is 0. The molecular formula is C16H25BrN4O. The number of nitrogens with two attached hydrogens (primary N) is 1. The molecule has 2 aliphatic rings. The van der Waals surface area contributed by atoms with Gasteiger partial charge in [-0.25, -0.2) is 0 Å². The number of carbonyl (C=O) groups excluding carboxylic acids is 1. The molecule has 2 unspecified atom stereocenters. The third kappa shape index (κ3) is 3.23. The number of aromatic nitrogens is 2. The van der Waals surface area contributed by atoms with Gasteiger partial charge in [0.25, 0.3) is 0 Å². The lowest BCUT2D eigenvalue weighted by Gasteiger charge is -2.41. The van der Waals surface area contributed by atoms with E-state index in [-0.39, 0.29) is 17.4 Å². The van der Waals surface area contributed by atoms with Gasteiger partial charge in [-0.15, -0.1) is 0 Å². The number of halogens is 1. The van der Waals surface area contributed by atoms with E-state index in [1.807, 2.05) is 28.9 Å². The van der Waals surface area contributed by atoms with Gasteiger partial charge in [0.15, 0.2) is 0 Å². The standard InChI is InChI=1S/C16H25BrN4O/c1-16(18)7-3-2-4-14(16)15(22)20-8-5-13(6-9-20)21-11-12(17)10-19-21/h10-11,13-14H,2-9,18H2,1H3. The Bertz CT molecular complexity index is 534. The van der Waals surface area contributed by atoms with E-state index >= 15 is 0 Å². The Morgan fingerprint density at radius 3 is 2.68 bits per heavy atom. The average molecular weight is 369 g/mol. The molecule has 22 heavy (non-hydrogen) atoms. The first kappa shape index (κ1) is 16.0. The Morgan fingerprint density at radius 2 is 2.09 bits per heavy atom. The molecule has 2 atom stereocenters. The Kier molecular flexibility index (Phi) is 4.59. The largest absolute Gasteiger partial charge is 0.342 e. The zero-order valence-electron chi connectivity index (χ0n) is 13.2. The molecule has 2 fully saturated rings. The predicted molar refractivity (Wildman–Crippen MR) is 89.3 cm³/mol. The quantitative estimate of drug-likeness (QED) is 0.872. The van der Waals surface area contributed by atoms with E-state index in [4.69, 9.17) is 5.73 Å². The molecule has 2 heterocycles. The van der Waals surface area contributed by atoms with Gasteiger partial charge in [-0.05, 0) is 48.5 Å². The van der Waals surface area contributed by atoms with Crippen molar-refractivity contribution in [3.63, 3.8) is 0 Å². The maximum atomic E-state index is 12.8. The minimum absolute atomic E-state index is 0.00310. The molecule has 1 aromatic rings. The molecule has 1 aliphatic carbocycles. The lowest BCUT2D eigenvalue weighted by Crippen LogP contribution is -2.54. The summed E-state index contributed by atoms with van der Waals surface area (Å²) in [5.74, 6) is 0.265. The average Bonchev–Trinajstić information content (AvgIpc) is 2.93. The number of nitrogens with zero attached hydrogens (tertiary/aromatic N) is 3. The van der Waals surface area contributed by atoms with Crippen molar-refractivity contribution >= 4 is 21.8 Å². The second-order valence-corrected chi connectivity index (χ2v) is 7.91. The van der Waals surface area contributed by atoms with Gasteiger partial charge in [0, 0.05) is 24.8 Å². The van der Waals surface area contributed by atoms with Gasteiger partial charge in [0.1, 0.15) is 0 Å². The van der Waals surface area contributed by atoms with E-state index in [1.54, 1.807) is 0 Å². The highest BCUT2D eigenvalue weighted by Gasteiger charge is 2.40. The van der Waals surface area contributed by atoms with Crippen molar-refractivity contribution in [3.8, 4) is 0 Å². The van der Waals surface area contributed by atoms with Gasteiger partial charge in [-0.2, -0.15) is 5.10 Å². The van der Waals surface area contributed by atoms with E-state index < -0.39 is 0 Å². The van der Waals surface area contributed by atoms with E-state index in [1.165, 1.54) is 0 Å². The minimum Gasteiger partial charge on any atom is -0.342 e. The molecule has 0 aromatic carbocycles. The number of piperidine rings is 1. The van der Waals surface area contributed by atoms with Crippen LogP contribution in [0.4, 0.5) is 0 Å². The number of likely N-dealkylation sites (tertiary alicyclic amines) is 1. The molecule has 1 saturated carbocycles. The first-order valence-electron chi connectivity index (χ1n) is 8.25. The summed E-state index contributed by atoms with van der Waals surface area (Å²) in [5.41, 5.74) is 6.05. The SMILES string of the molecule is CC1(N)CCCCC1C(=O)N1CCC(n2cc(Br)cn2)CC1. The van der Waals surface area contributed by atoms with Crippen molar-refractivity contribution in [1.29, 1.82) is 0 Å². The molecule has 6 heteroatoms. The van der Waals surface area contributed by atoms with Gasteiger partial charge in [0.05, 0.1) is 22.6 Å². The fourth-order valence-corrected chi connectivity index (χ4v) is 4.15. The lowest BCUT2D eigenvalue weighted by molar-refractivity contribution is -0.140. The molecule has 5 nitrogen and oxygen atoms in total. The highest BCUT2D eigenvalue weighted by molar-refractivity contribution is 9.10. The molecular weight excluding hydrogens is 344 g/mol. The van der Waals surface area contributed by atoms with Crippen LogP contribution in [0.5, 0.6) is 0 Å². The zero-order valence-corrected chi connectivity index (χ0v) is 14.8. The maximum Gasteiger partial charge on any atom is 0.227 e. The Balaban J connectivity index is 1.60. The fraction of sp³-hybridized carbons (Fsp3) is 0.750. The Hall–Kier alpha value is -0.880. The molecule has 1 amide bonds. The van der Waals surface area contributed by atoms with Crippen molar-refractivity contribution in [2.24, 2.45) is 11.7 Å². The highest BCUT2D eigenvalue weighted by Crippen LogP contribution is 2.34. The van der Waals surface area contributed by atoms with Crippen molar-refractivity contribution < 1.29 is 4.79 Å². The maximum absolute atomic E-state index is 12.8. The zero-order chi connectivity index (χ0) is 15.7. The molecule has 3 rings (SSSR count). The summed E-state index contributed by atoms with van der Waals surface area (Å²) in [4.78, 5) is 14.9. The van der Waals surface area contributed by atoms with Gasteiger partial charge in [-0.3, -0.25) is 9.48 Å². The van der Waals surface area contributed by atoms with Crippen LogP contribution in [0.15, 0.2) is 16.9 Å². The van der Waals surface area contributed by atoms with Crippen LogP contribution in [0.25, 0.3) is 0 Å². The van der Waals surface area contributed by atoms with E-state index in [2.05, 4.69) is 21.0 Å². The molecule has 1 aliphatic heterocycles. The number of hydrogen-bond acceptors (Lipinski definition) is 3. The minimum atomic E-state index is -0.334. The van der Waals surface area contributed by atoms with Gasteiger partial charge >= 0.3 is 0 Å². The molecule has 0 radical (unpaired) electrons. The van der Waals surface area contributed by atoms with E-state index in [0.29, 0.717) is 6.04 Å². The summed E-state index contributed by atoms with van der Waals surface area (Å²) in [6.45, 7) is 3.67. The first-order valence-corrected chi connectivity index (χ1v) is 9.04. The molecule has 1 aromatic heterocycles. The molecule has 0 bridgehead atoms. The number of carbonyl (C=O) groups is 1. The second kappa shape index (κ2) is 6.32. The number of rotatable bonds is 2. The van der Waals surface area contributed by atoms with E-state index in [9.17, 15) is 4.79 Å². The summed E-state index contributed by atoms with van der Waals surface area (Å²) in [5, 5.41) is 4.37. The van der Waals surface area contributed by atoms with Crippen molar-refractivity contribution in [2.45, 2.75) is 57.0 Å². The van der Waals surface area contributed by atoms with Crippen molar-refractivity contribution in [3.05, 3.63) is 16.9 Å². The van der Waals surface area contributed by atoms with Crippen LogP contribution in [0, 0.1) is 5.92 Å². The normalized spacial score (nSPS) is 30.5. The lowest BCUT2D eigenvalue weighted by atomic mass is 9.74. The summed E-state index contributed by atoms with van der Waals surface area (Å²) < 4.78 is 3.02. The topological polar surface area (TPSA) is 64.2 Å². The first-order chi connectivity index (χ1) is 10.5. The van der Waals surface area contributed by atoms with Crippen LogP contribution >= 0.6 is 15.9 Å². The van der Waals surface area contributed by atoms with Crippen molar-refractivity contribution in [1.82, 2.24) is 14.7 Å².